The number of benzene rings is 1. The number of anilines is 1. The van der Waals surface area contributed by atoms with Gasteiger partial charge in [-0.3, -0.25) is 0 Å². The zero-order valence-electron chi connectivity index (χ0n) is 11.4. The third-order valence-corrected chi connectivity index (χ3v) is 4.95. The van der Waals surface area contributed by atoms with E-state index in [9.17, 15) is 8.42 Å². The summed E-state index contributed by atoms with van der Waals surface area (Å²) < 4.78 is 32.7. The van der Waals surface area contributed by atoms with Crippen LogP contribution in [0, 0.1) is 5.92 Å². The van der Waals surface area contributed by atoms with E-state index >= 15 is 0 Å². The number of ether oxygens (including phenoxy) is 1. The van der Waals surface area contributed by atoms with Gasteiger partial charge in [0.1, 0.15) is 10.6 Å². The SMILES string of the molecule is COc1cc(Br)c(N)cc1S(=O)(=O)NCC(C)CCO. The number of aliphatic hydroxyl groups is 1. The highest BCUT2D eigenvalue weighted by atomic mass is 79.9. The second-order valence-corrected chi connectivity index (χ2v) is 7.08. The fourth-order valence-electron chi connectivity index (χ4n) is 1.57. The molecule has 6 nitrogen and oxygen atoms in total. The summed E-state index contributed by atoms with van der Waals surface area (Å²) in [6.45, 7) is 2.12. The summed E-state index contributed by atoms with van der Waals surface area (Å²) in [7, 11) is -2.32. The monoisotopic (exact) mass is 366 g/mol. The first-order valence-electron chi connectivity index (χ1n) is 6.05. The van der Waals surface area contributed by atoms with Gasteiger partial charge in [0.15, 0.2) is 0 Å². The van der Waals surface area contributed by atoms with Gasteiger partial charge in [0.2, 0.25) is 10.0 Å². The molecule has 0 heterocycles. The normalized spacial score (nSPS) is 13.2. The van der Waals surface area contributed by atoms with Crippen molar-refractivity contribution in [2.45, 2.75) is 18.2 Å². The van der Waals surface area contributed by atoms with Crippen LogP contribution in [0.4, 0.5) is 5.69 Å². The molecule has 0 aliphatic heterocycles. The topological polar surface area (TPSA) is 102 Å². The molecule has 0 aliphatic rings. The van der Waals surface area contributed by atoms with Gasteiger partial charge >= 0.3 is 0 Å². The van der Waals surface area contributed by atoms with E-state index in [4.69, 9.17) is 15.6 Å². The average Bonchev–Trinajstić information content (AvgIpc) is 2.39. The standard InChI is InChI=1S/C12H19BrN2O4S/c1-8(3-4-16)7-15-20(17,18)12-6-10(14)9(13)5-11(12)19-2/h5-6,8,15-16H,3-4,7,14H2,1-2H3. The Morgan fingerprint density at radius 3 is 2.70 bits per heavy atom. The van der Waals surface area contributed by atoms with Gasteiger partial charge in [-0.05, 0) is 40.4 Å². The molecule has 114 valence electrons. The lowest BCUT2D eigenvalue weighted by molar-refractivity contribution is 0.263. The molecular weight excluding hydrogens is 348 g/mol. The zero-order chi connectivity index (χ0) is 15.3. The number of rotatable bonds is 7. The van der Waals surface area contributed by atoms with Crippen molar-refractivity contribution in [1.29, 1.82) is 0 Å². The zero-order valence-corrected chi connectivity index (χ0v) is 13.8. The predicted molar refractivity (Wildman–Crippen MR) is 81.2 cm³/mol. The van der Waals surface area contributed by atoms with Crippen molar-refractivity contribution in [2.75, 3.05) is 26.0 Å². The predicted octanol–water partition coefficient (Wildman–Crippen LogP) is 1.34. The molecule has 0 saturated carbocycles. The number of aliphatic hydroxyl groups excluding tert-OH is 1. The van der Waals surface area contributed by atoms with E-state index in [-0.39, 0.29) is 29.7 Å². The molecule has 0 bridgehead atoms. The van der Waals surface area contributed by atoms with Crippen LogP contribution < -0.4 is 15.2 Å². The van der Waals surface area contributed by atoms with Gasteiger partial charge in [0.05, 0.1) is 7.11 Å². The minimum Gasteiger partial charge on any atom is -0.495 e. The van der Waals surface area contributed by atoms with E-state index < -0.39 is 10.0 Å². The highest BCUT2D eigenvalue weighted by Crippen LogP contribution is 2.32. The Labute approximate surface area is 127 Å². The summed E-state index contributed by atoms with van der Waals surface area (Å²) in [5.74, 6) is 0.252. The van der Waals surface area contributed by atoms with Crippen LogP contribution in [-0.2, 0) is 10.0 Å². The summed E-state index contributed by atoms with van der Waals surface area (Å²) in [6, 6.07) is 2.86. The number of hydrogen-bond donors (Lipinski definition) is 3. The maximum atomic E-state index is 12.3. The van der Waals surface area contributed by atoms with Crippen molar-refractivity contribution in [1.82, 2.24) is 4.72 Å². The molecule has 0 radical (unpaired) electrons. The van der Waals surface area contributed by atoms with Crippen molar-refractivity contribution >= 4 is 31.6 Å². The summed E-state index contributed by atoms with van der Waals surface area (Å²) in [6.07, 6.45) is 0.530. The molecule has 1 aromatic carbocycles. The Balaban J connectivity index is 3.00. The second kappa shape index (κ2) is 7.26. The smallest absolute Gasteiger partial charge is 0.244 e. The van der Waals surface area contributed by atoms with Crippen molar-refractivity contribution < 1.29 is 18.3 Å². The average molecular weight is 367 g/mol. The van der Waals surface area contributed by atoms with E-state index in [1.807, 2.05) is 6.92 Å². The van der Waals surface area contributed by atoms with Crippen LogP contribution in [0.25, 0.3) is 0 Å². The number of methoxy groups -OCH3 is 1. The molecule has 0 fully saturated rings. The number of halogens is 1. The van der Waals surface area contributed by atoms with Crippen molar-refractivity contribution in [3.05, 3.63) is 16.6 Å². The maximum Gasteiger partial charge on any atom is 0.244 e. The molecule has 0 aliphatic carbocycles. The van der Waals surface area contributed by atoms with Gasteiger partial charge in [-0.1, -0.05) is 6.92 Å². The van der Waals surface area contributed by atoms with Gasteiger partial charge in [-0.25, -0.2) is 13.1 Å². The van der Waals surface area contributed by atoms with Crippen molar-refractivity contribution in [2.24, 2.45) is 5.92 Å². The molecule has 0 spiro atoms. The molecular formula is C12H19BrN2O4S. The number of nitrogens with one attached hydrogen (secondary N) is 1. The van der Waals surface area contributed by atoms with E-state index in [1.54, 1.807) is 0 Å². The van der Waals surface area contributed by atoms with Crippen molar-refractivity contribution in [3.63, 3.8) is 0 Å². The summed E-state index contributed by atoms with van der Waals surface area (Å²) in [5.41, 5.74) is 6.03. The third-order valence-electron chi connectivity index (χ3n) is 2.82. The Kier molecular flexibility index (Phi) is 6.25. The summed E-state index contributed by atoms with van der Waals surface area (Å²) >= 11 is 3.22. The van der Waals surface area contributed by atoms with Crippen molar-refractivity contribution in [3.8, 4) is 5.75 Å². The molecule has 1 atom stereocenters. The van der Waals surface area contributed by atoms with Gasteiger partial charge in [-0.15, -0.1) is 0 Å². The van der Waals surface area contributed by atoms with Crippen LogP contribution in [0.5, 0.6) is 5.75 Å². The summed E-state index contributed by atoms with van der Waals surface area (Å²) in [5, 5.41) is 8.81. The molecule has 1 aromatic rings. The Morgan fingerprint density at radius 2 is 2.15 bits per heavy atom. The lowest BCUT2D eigenvalue weighted by Gasteiger charge is -2.14. The quantitative estimate of drug-likeness (QED) is 0.632. The number of nitrogens with two attached hydrogens (primary N) is 1. The first kappa shape index (κ1) is 17.2. The Morgan fingerprint density at radius 1 is 1.50 bits per heavy atom. The highest BCUT2D eigenvalue weighted by molar-refractivity contribution is 9.10. The number of hydrogen-bond acceptors (Lipinski definition) is 5. The molecule has 0 aromatic heterocycles. The van der Waals surface area contributed by atoms with Gasteiger partial charge in [0, 0.05) is 23.3 Å². The van der Waals surface area contributed by atoms with Gasteiger partial charge < -0.3 is 15.6 Å². The summed E-state index contributed by atoms with van der Waals surface area (Å²) in [4.78, 5) is -0.00287. The molecule has 0 amide bonds. The van der Waals surface area contributed by atoms with Crippen LogP contribution >= 0.6 is 15.9 Å². The van der Waals surface area contributed by atoms with Gasteiger partial charge in [0.25, 0.3) is 0 Å². The van der Waals surface area contributed by atoms with E-state index in [0.29, 0.717) is 16.6 Å². The van der Waals surface area contributed by atoms with E-state index in [0.717, 1.165) is 0 Å². The lowest BCUT2D eigenvalue weighted by Crippen LogP contribution is -2.29. The lowest BCUT2D eigenvalue weighted by atomic mass is 10.1. The maximum absolute atomic E-state index is 12.3. The van der Waals surface area contributed by atoms with Crippen LogP contribution in [-0.4, -0.2) is 33.8 Å². The highest BCUT2D eigenvalue weighted by Gasteiger charge is 2.21. The minimum absolute atomic E-state index is 0.00287. The van der Waals surface area contributed by atoms with Crippen LogP contribution in [0.1, 0.15) is 13.3 Å². The first-order valence-corrected chi connectivity index (χ1v) is 8.33. The Bertz CT molecular complexity index is 563. The molecule has 4 N–H and O–H groups in total. The molecule has 1 unspecified atom stereocenters. The van der Waals surface area contributed by atoms with E-state index in [2.05, 4.69) is 20.7 Å². The fourth-order valence-corrected chi connectivity index (χ4v) is 3.24. The Hall–Kier alpha value is -0.830. The number of nitrogen functional groups attached to an aromatic ring is 1. The molecule has 8 heteroatoms. The number of sulfonamides is 1. The molecule has 20 heavy (non-hydrogen) atoms. The third kappa shape index (κ3) is 4.34. The molecule has 1 rings (SSSR count). The van der Waals surface area contributed by atoms with Crippen LogP contribution in [0.3, 0.4) is 0 Å². The van der Waals surface area contributed by atoms with Crippen LogP contribution in [0.15, 0.2) is 21.5 Å². The molecule has 0 saturated heterocycles. The second-order valence-electron chi connectivity index (χ2n) is 4.49. The largest absolute Gasteiger partial charge is 0.495 e. The minimum atomic E-state index is -3.71. The first-order chi connectivity index (χ1) is 9.31. The fraction of sp³-hybridized carbons (Fsp3) is 0.500. The van der Waals surface area contributed by atoms with Gasteiger partial charge in [-0.2, -0.15) is 0 Å². The van der Waals surface area contributed by atoms with Crippen LogP contribution in [0.2, 0.25) is 0 Å². The van der Waals surface area contributed by atoms with E-state index in [1.165, 1.54) is 19.2 Å².